The van der Waals surface area contributed by atoms with Crippen molar-refractivity contribution in [2.45, 2.75) is 24.7 Å². The maximum absolute atomic E-state index is 13.2. The lowest BCUT2D eigenvalue weighted by molar-refractivity contribution is -0.183. The Balaban J connectivity index is 2.21. The molecule has 0 saturated heterocycles. The number of halogens is 8. The molecule has 0 nitrogen and oxygen atoms in total. The van der Waals surface area contributed by atoms with Crippen LogP contribution in [0.25, 0.3) is 11.1 Å². The molecule has 2 rings (SSSR count). The number of hydrogen-bond acceptors (Lipinski definition) is 0. The molecule has 2 aromatic rings. The zero-order valence-corrected chi connectivity index (χ0v) is 11.8. The third-order valence-corrected chi connectivity index (χ3v) is 3.31. The van der Waals surface area contributed by atoms with Gasteiger partial charge in [-0.3, -0.25) is 0 Å². The van der Waals surface area contributed by atoms with Crippen LogP contribution in [0.15, 0.2) is 48.5 Å². The molecule has 2 atom stereocenters. The van der Waals surface area contributed by atoms with E-state index in [1.165, 1.54) is 24.3 Å². The van der Waals surface area contributed by atoms with Gasteiger partial charge in [0.1, 0.15) is 0 Å². The van der Waals surface area contributed by atoms with E-state index in [2.05, 4.69) is 0 Å². The fourth-order valence-electron chi connectivity index (χ4n) is 2.07. The molecule has 0 aliphatic heterocycles. The molecule has 0 heterocycles. The van der Waals surface area contributed by atoms with Crippen LogP contribution in [0.2, 0.25) is 0 Å². The molecule has 0 aliphatic rings. The van der Waals surface area contributed by atoms with Crippen molar-refractivity contribution in [3.05, 3.63) is 59.7 Å². The first kappa shape index (κ1) is 18.2. The average Bonchev–Trinajstić information content (AvgIpc) is 2.52. The molecule has 24 heavy (non-hydrogen) atoms. The van der Waals surface area contributed by atoms with Crippen LogP contribution in [0.1, 0.15) is 23.5 Å². The minimum atomic E-state index is -5.02. The first-order chi connectivity index (χ1) is 11.0. The minimum Gasteiger partial charge on any atom is -0.232 e. The van der Waals surface area contributed by atoms with Crippen LogP contribution in [-0.2, 0) is 0 Å². The normalized spacial score (nSPS) is 15.2. The second-order valence-electron chi connectivity index (χ2n) is 5.05. The van der Waals surface area contributed by atoms with Gasteiger partial charge in [-0.25, -0.2) is 8.78 Å². The average molecular weight is 354 g/mol. The molecule has 2 aromatic carbocycles. The van der Waals surface area contributed by atoms with Crippen LogP contribution in [-0.4, -0.2) is 12.4 Å². The van der Waals surface area contributed by atoms with Crippen LogP contribution in [0, 0.1) is 0 Å². The van der Waals surface area contributed by atoms with Gasteiger partial charge in [0, 0.05) is 0 Å². The summed E-state index contributed by atoms with van der Waals surface area (Å²) < 4.78 is 99.9. The van der Waals surface area contributed by atoms with Gasteiger partial charge in [0.15, 0.2) is 0 Å². The molecule has 2 unspecified atom stereocenters. The molecule has 0 fully saturated rings. The summed E-state index contributed by atoms with van der Waals surface area (Å²) in [5.41, 5.74) is -0.434. The summed E-state index contributed by atoms with van der Waals surface area (Å²) in [6, 6.07) is 8.59. The highest BCUT2D eigenvalue weighted by Gasteiger charge is 2.42. The van der Waals surface area contributed by atoms with Gasteiger partial charge in [-0.05, 0) is 22.3 Å². The van der Waals surface area contributed by atoms with Gasteiger partial charge in [0.2, 0.25) is 12.3 Å². The van der Waals surface area contributed by atoms with E-state index in [0.717, 1.165) is 24.3 Å². The van der Waals surface area contributed by atoms with Crippen molar-refractivity contribution in [1.29, 1.82) is 0 Å². The highest BCUT2D eigenvalue weighted by Crippen LogP contribution is 2.38. The van der Waals surface area contributed by atoms with Gasteiger partial charge in [-0.15, -0.1) is 0 Å². The van der Waals surface area contributed by atoms with E-state index in [4.69, 9.17) is 0 Å². The van der Waals surface area contributed by atoms with Crippen LogP contribution >= 0.6 is 0 Å². The zero-order chi connectivity index (χ0) is 18.1. The topological polar surface area (TPSA) is 0 Å². The van der Waals surface area contributed by atoms with Gasteiger partial charge < -0.3 is 0 Å². The maximum atomic E-state index is 13.2. The molecule has 0 aromatic heterocycles. The molecule has 0 bridgehead atoms. The van der Waals surface area contributed by atoms with Crippen LogP contribution in [0.4, 0.5) is 35.1 Å². The Morgan fingerprint density at radius 3 is 0.958 bits per heavy atom. The van der Waals surface area contributed by atoms with E-state index in [0.29, 0.717) is 11.1 Å². The number of hydrogen-bond donors (Lipinski definition) is 0. The second-order valence-corrected chi connectivity index (χ2v) is 5.05. The fraction of sp³-hybridized carbons (Fsp3) is 0.250. The molecule has 0 N–H and O–H groups in total. The predicted octanol–water partition coefficient (Wildman–Crippen LogP) is 6.50. The molecule has 0 aliphatic carbocycles. The fourth-order valence-corrected chi connectivity index (χ4v) is 2.07. The lowest BCUT2D eigenvalue weighted by Crippen LogP contribution is -2.16. The zero-order valence-electron chi connectivity index (χ0n) is 11.8. The molecule has 130 valence electrons. The van der Waals surface area contributed by atoms with Crippen molar-refractivity contribution in [2.24, 2.45) is 0 Å². The minimum absolute atomic E-state index is 0.363. The summed E-state index contributed by atoms with van der Waals surface area (Å²) in [5.74, 6) is 0. The summed E-state index contributed by atoms with van der Waals surface area (Å²) >= 11 is 0. The summed E-state index contributed by atoms with van der Waals surface area (Å²) in [4.78, 5) is 0. The van der Waals surface area contributed by atoms with E-state index in [1.54, 1.807) is 0 Å². The highest BCUT2D eigenvalue weighted by atomic mass is 19.4. The van der Waals surface area contributed by atoms with E-state index in [9.17, 15) is 35.1 Å². The van der Waals surface area contributed by atoms with Crippen LogP contribution in [0.3, 0.4) is 0 Å². The van der Waals surface area contributed by atoms with Crippen LogP contribution in [0.5, 0.6) is 0 Å². The Morgan fingerprint density at radius 1 is 0.500 bits per heavy atom. The predicted molar refractivity (Wildman–Crippen MR) is 71.7 cm³/mol. The van der Waals surface area contributed by atoms with E-state index in [1.807, 2.05) is 0 Å². The Labute approximate surface area is 131 Å². The maximum Gasteiger partial charge on any atom is 0.423 e. The molecule has 0 spiro atoms. The molecule has 0 amide bonds. The third-order valence-electron chi connectivity index (χ3n) is 3.31. The van der Waals surface area contributed by atoms with Crippen molar-refractivity contribution in [3.8, 4) is 11.1 Å². The van der Waals surface area contributed by atoms with Crippen molar-refractivity contribution in [3.63, 3.8) is 0 Å². The molecule has 0 radical (unpaired) electrons. The van der Waals surface area contributed by atoms with E-state index in [-0.39, 0.29) is 0 Å². The first-order valence-electron chi connectivity index (χ1n) is 6.62. The van der Waals surface area contributed by atoms with Crippen LogP contribution < -0.4 is 0 Å². The Hall–Kier alpha value is -2.12. The van der Waals surface area contributed by atoms with Crippen molar-refractivity contribution in [1.82, 2.24) is 0 Å². The van der Waals surface area contributed by atoms with Gasteiger partial charge >= 0.3 is 12.4 Å². The van der Waals surface area contributed by atoms with Gasteiger partial charge in [0.25, 0.3) is 0 Å². The number of rotatable bonds is 3. The molecule has 8 heteroatoms. The molecule has 0 saturated carbocycles. The summed E-state index contributed by atoms with van der Waals surface area (Å²) in [6.45, 7) is 0. The SMILES string of the molecule is FC(c1ccc(-c2ccc(C(F)C(F)(F)F)cc2)cc1)C(F)(F)F. The smallest absolute Gasteiger partial charge is 0.232 e. The standard InChI is InChI=1S/C16H10F8/c17-13(15(19,20)21)11-5-1-9(2-6-11)10-3-7-12(8-4-10)14(18)16(22,23)24/h1-8,13-14H. The summed E-state index contributed by atoms with van der Waals surface area (Å²) in [6.07, 6.45) is -16.3. The first-order valence-corrected chi connectivity index (χ1v) is 6.62. The Morgan fingerprint density at radius 2 is 0.750 bits per heavy atom. The number of alkyl halides is 8. The summed E-state index contributed by atoms with van der Waals surface area (Å²) in [7, 11) is 0. The lowest BCUT2D eigenvalue weighted by Gasteiger charge is -2.14. The summed E-state index contributed by atoms with van der Waals surface area (Å²) in [5, 5.41) is 0. The van der Waals surface area contributed by atoms with Gasteiger partial charge in [0.05, 0.1) is 0 Å². The Bertz CT molecular complexity index is 606. The van der Waals surface area contributed by atoms with Crippen molar-refractivity contribution < 1.29 is 35.1 Å². The third kappa shape index (κ3) is 4.04. The second kappa shape index (κ2) is 6.41. The van der Waals surface area contributed by atoms with Crippen molar-refractivity contribution in [2.75, 3.05) is 0 Å². The monoisotopic (exact) mass is 354 g/mol. The molecular weight excluding hydrogens is 344 g/mol. The largest absolute Gasteiger partial charge is 0.423 e. The van der Waals surface area contributed by atoms with E-state index >= 15 is 0 Å². The van der Waals surface area contributed by atoms with Gasteiger partial charge in [-0.1, -0.05) is 48.5 Å². The van der Waals surface area contributed by atoms with Crippen molar-refractivity contribution >= 4 is 0 Å². The molecular formula is C16H10F8. The Kier molecular flexibility index (Phi) is 4.87. The highest BCUT2D eigenvalue weighted by molar-refractivity contribution is 5.64. The number of benzene rings is 2. The van der Waals surface area contributed by atoms with Gasteiger partial charge in [-0.2, -0.15) is 26.3 Å². The van der Waals surface area contributed by atoms with E-state index < -0.39 is 35.8 Å². The quantitative estimate of drug-likeness (QED) is 0.552. The lowest BCUT2D eigenvalue weighted by atomic mass is 10.00.